The molecule has 1 aliphatic rings. The van der Waals surface area contributed by atoms with E-state index in [4.69, 9.17) is 8.94 Å². The summed E-state index contributed by atoms with van der Waals surface area (Å²) in [6, 6.07) is 5.38. The highest BCUT2D eigenvalue weighted by molar-refractivity contribution is 7.18. The van der Waals surface area contributed by atoms with Crippen LogP contribution in [-0.4, -0.2) is 33.2 Å². The zero-order valence-electron chi connectivity index (χ0n) is 14.1. The average molecular weight is 368 g/mol. The van der Waals surface area contributed by atoms with Gasteiger partial charge in [0.05, 0.1) is 24.5 Å². The molecule has 0 amide bonds. The highest BCUT2D eigenvalue weighted by Gasteiger charge is 2.22. The van der Waals surface area contributed by atoms with E-state index >= 15 is 0 Å². The predicted molar refractivity (Wildman–Crippen MR) is 97.2 cm³/mol. The lowest BCUT2D eigenvalue weighted by Gasteiger charge is -2.21. The fourth-order valence-corrected chi connectivity index (χ4v) is 4.61. The Balaban J connectivity index is 1.52. The molecule has 0 fully saturated rings. The normalized spacial score (nSPS) is 14.8. The fraction of sp³-hybridized carbons (Fsp3) is 0.278. The topological polar surface area (TPSA) is 77.3 Å². The maximum atomic E-state index is 13.0. The summed E-state index contributed by atoms with van der Waals surface area (Å²) < 4.78 is 12.2. The molecule has 0 atom stereocenters. The van der Waals surface area contributed by atoms with E-state index in [-0.39, 0.29) is 5.56 Å². The van der Waals surface area contributed by atoms with E-state index in [0.717, 1.165) is 35.3 Å². The van der Waals surface area contributed by atoms with Gasteiger partial charge >= 0.3 is 0 Å². The molecule has 4 aromatic heterocycles. The lowest BCUT2D eigenvalue weighted by Crippen LogP contribution is -2.27. The van der Waals surface area contributed by atoms with Crippen LogP contribution in [0, 0.1) is 0 Å². The third-order valence-corrected chi connectivity index (χ3v) is 5.80. The molecule has 5 rings (SSSR count). The van der Waals surface area contributed by atoms with E-state index in [1.54, 1.807) is 46.7 Å². The van der Waals surface area contributed by atoms with Crippen molar-refractivity contribution in [1.82, 2.24) is 19.6 Å². The minimum Gasteiger partial charge on any atom is -0.461 e. The molecule has 7 nitrogen and oxygen atoms in total. The standard InChI is InChI=1S/C18H16N4O3S/c1-21-5-4-12-15(9-21)26-17-16(12)18(23)22(10-19-17)8-11-7-14(25-20-11)13-3-2-6-24-13/h2-3,6-7,10H,4-5,8-9H2,1H3. The van der Waals surface area contributed by atoms with Crippen LogP contribution < -0.4 is 5.56 Å². The average Bonchev–Trinajstić information content (AvgIpc) is 3.35. The molecule has 0 N–H and O–H groups in total. The van der Waals surface area contributed by atoms with Crippen LogP contribution in [-0.2, 0) is 19.5 Å². The van der Waals surface area contributed by atoms with E-state index in [9.17, 15) is 4.79 Å². The molecule has 8 heteroatoms. The van der Waals surface area contributed by atoms with Gasteiger partial charge in [0.2, 0.25) is 5.76 Å². The summed E-state index contributed by atoms with van der Waals surface area (Å²) in [5, 5.41) is 4.81. The zero-order valence-corrected chi connectivity index (χ0v) is 15.0. The fourth-order valence-electron chi connectivity index (χ4n) is 3.35. The van der Waals surface area contributed by atoms with Crippen LogP contribution in [0.25, 0.3) is 21.7 Å². The maximum absolute atomic E-state index is 13.0. The first-order valence-corrected chi connectivity index (χ1v) is 9.18. The minimum atomic E-state index is -0.0143. The number of fused-ring (bicyclic) bond motifs is 3. The lowest BCUT2D eigenvalue weighted by atomic mass is 10.1. The molecule has 26 heavy (non-hydrogen) atoms. The largest absolute Gasteiger partial charge is 0.461 e. The molecule has 4 aromatic rings. The number of likely N-dealkylation sites (N-methyl/N-ethyl adjacent to an activating group) is 1. The van der Waals surface area contributed by atoms with Crippen molar-refractivity contribution in [3.63, 3.8) is 0 Å². The maximum Gasteiger partial charge on any atom is 0.262 e. The molecule has 0 aromatic carbocycles. The second-order valence-corrected chi connectivity index (χ2v) is 7.59. The first-order chi connectivity index (χ1) is 12.7. The third kappa shape index (κ3) is 2.49. The van der Waals surface area contributed by atoms with Crippen LogP contribution in [0.1, 0.15) is 16.1 Å². The van der Waals surface area contributed by atoms with Crippen LogP contribution >= 0.6 is 11.3 Å². The molecule has 132 valence electrons. The summed E-state index contributed by atoms with van der Waals surface area (Å²) in [7, 11) is 2.10. The molecule has 0 radical (unpaired) electrons. The van der Waals surface area contributed by atoms with Gasteiger partial charge in [0.25, 0.3) is 5.56 Å². The Labute approximate surface area is 152 Å². The van der Waals surface area contributed by atoms with Crippen molar-refractivity contribution in [3.05, 3.63) is 57.3 Å². The first-order valence-electron chi connectivity index (χ1n) is 8.37. The van der Waals surface area contributed by atoms with Crippen LogP contribution in [0.15, 0.2) is 44.5 Å². The van der Waals surface area contributed by atoms with Crippen molar-refractivity contribution in [2.75, 3.05) is 13.6 Å². The second kappa shape index (κ2) is 5.93. The summed E-state index contributed by atoms with van der Waals surface area (Å²) in [6.07, 6.45) is 4.06. The van der Waals surface area contributed by atoms with Crippen molar-refractivity contribution in [2.24, 2.45) is 0 Å². The number of nitrogens with zero attached hydrogens (tertiary/aromatic N) is 4. The number of hydrogen-bond donors (Lipinski definition) is 0. The number of thiophene rings is 1. The molecular formula is C18H16N4O3S. The molecule has 5 heterocycles. The van der Waals surface area contributed by atoms with Crippen LogP contribution in [0.2, 0.25) is 0 Å². The highest BCUT2D eigenvalue weighted by Crippen LogP contribution is 2.31. The van der Waals surface area contributed by atoms with E-state index in [1.165, 1.54) is 4.88 Å². The molecule has 1 aliphatic heterocycles. The van der Waals surface area contributed by atoms with E-state index in [2.05, 4.69) is 22.1 Å². The monoisotopic (exact) mass is 368 g/mol. The van der Waals surface area contributed by atoms with Crippen molar-refractivity contribution in [1.29, 1.82) is 0 Å². The second-order valence-electron chi connectivity index (χ2n) is 6.51. The van der Waals surface area contributed by atoms with E-state index in [0.29, 0.717) is 23.8 Å². The number of aromatic nitrogens is 3. The Morgan fingerprint density at radius 3 is 3.12 bits per heavy atom. The molecule has 0 bridgehead atoms. The van der Waals surface area contributed by atoms with Gasteiger partial charge in [-0.2, -0.15) is 0 Å². The summed E-state index contributed by atoms with van der Waals surface area (Å²) in [4.78, 5) is 21.9. The Morgan fingerprint density at radius 2 is 2.27 bits per heavy atom. The van der Waals surface area contributed by atoms with Crippen molar-refractivity contribution < 1.29 is 8.94 Å². The lowest BCUT2D eigenvalue weighted by molar-refractivity contribution is 0.318. The molecule has 0 unspecified atom stereocenters. The molecule has 0 saturated heterocycles. The molecular weight excluding hydrogens is 352 g/mol. The Hall–Kier alpha value is -2.71. The van der Waals surface area contributed by atoms with Gasteiger partial charge in [-0.05, 0) is 31.2 Å². The first kappa shape index (κ1) is 15.5. The Kier molecular flexibility index (Phi) is 3.54. The van der Waals surface area contributed by atoms with Gasteiger partial charge in [0.1, 0.15) is 10.5 Å². The summed E-state index contributed by atoms with van der Waals surface area (Å²) in [5.74, 6) is 1.16. The van der Waals surface area contributed by atoms with Gasteiger partial charge in [0, 0.05) is 24.0 Å². The van der Waals surface area contributed by atoms with Gasteiger partial charge in [0.15, 0.2) is 5.76 Å². The number of furan rings is 1. The predicted octanol–water partition coefficient (Wildman–Crippen LogP) is 2.74. The van der Waals surface area contributed by atoms with Crippen molar-refractivity contribution >= 4 is 21.6 Å². The molecule has 0 spiro atoms. The SMILES string of the molecule is CN1CCc2c(sc3ncn(Cc4cc(-c5ccco5)on4)c(=O)c23)C1. The highest BCUT2D eigenvalue weighted by atomic mass is 32.1. The molecule has 0 saturated carbocycles. The summed E-state index contributed by atoms with van der Waals surface area (Å²) in [5.41, 5.74) is 1.80. The summed E-state index contributed by atoms with van der Waals surface area (Å²) >= 11 is 1.62. The quantitative estimate of drug-likeness (QED) is 0.553. The smallest absolute Gasteiger partial charge is 0.262 e. The Bertz CT molecular complexity index is 1140. The van der Waals surface area contributed by atoms with Gasteiger partial charge < -0.3 is 13.8 Å². The van der Waals surface area contributed by atoms with E-state index in [1.807, 2.05) is 0 Å². The van der Waals surface area contributed by atoms with Crippen LogP contribution in [0.3, 0.4) is 0 Å². The Morgan fingerprint density at radius 1 is 1.35 bits per heavy atom. The summed E-state index contributed by atoms with van der Waals surface area (Å²) in [6.45, 7) is 2.16. The van der Waals surface area contributed by atoms with Gasteiger partial charge in [-0.1, -0.05) is 5.16 Å². The van der Waals surface area contributed by atoms with E-state index < -0.39 is 0 Å². The van der Waals surface area contributed by atoms with Crippen molar-refractivity contribution in [3.8, 4) is 11.5 Å². The molecule has 0 aliphatic carbocycles. The van der Waals surface area contributed by atoms with Crippen LogP contribution in [0.5, 0.6) is 0 Å². The van der Waals surface area contributed by atoms with Crippen LogP contribution in [0.4, 0.5) is 0 Å². The van der Waals surface area contributed by atoms with Crippen molar-refractivity contribution in [2.45, 2.75) is 19.5 Å². The number of hydrogen-bond acceptors (Lipinski definition) is 7. The zero-order chi connectivity index (χ0) is 17.7. The third-order valence-electron chi connectivity index (χ3n) is 4.67. The van der Waals surface area contributed by atoms with Gasteiger partial charge in [-0.15, -0.1) is 11.3 Å². The minimum absolute atomic E-state index is 0.0143. The number of rotatable bonds is 3. The van der Waals surface area contributed by atoms with Gasteiger partial charge in [-0.3, -0.25) is 9.36 Å². The van der Waals surface area contributed by atoms with Gasteiger partial charge in [-0.25, -0.2) is 4.98 Å².